The van der Waals surface area contributed by atoms with Crippen molar-refractivity contribution in [3.63, 3.8) is 0 Å². The summed E-state index contributed by atoms with van der Waals surface area (Å²) in [7, 11) is 0. The summed E-state index contributed by atoms with van der Waals surface area (Å²) in [5.74, 6) is 0. The minimum atomic E-state index is -4.76. The van der Waals surface area contributed by atoms with Gasteiger partial charge in [-0.25, -0.2) is 0 Å². The van der Waals surface area contributed by atoms with Crippen molar-refractivity contribution < 1.29 is 36.2 Å². The van der Waals surface area contributed by atoms with Crippen molar-refractivity contribution in [3.05, 3.63) is 61.2 Å². The third kappa shape index (κ3) is 7.16. The number of alkyl halides is 6. The standard InChI is InChI=1S/2C11H9F3N2O3S2/c1-4(2)15-7-6(16(18)19)3-5(11(12,13)14)8-9(7)21-10(17)20-8;1-2-3-15-7-6(16(18)19)4-5(11(12,13)14)8-9(7)21-10(17)20-8/h3-4,15H,1-2H3;4,15H,2-3H2,1H3. The van der Waals surface area contributed by atoms with Crippen LogP contribution in [0.1, 0.15) is 38.3 Å². The second-order valence-electron chi connectivity index (χ2n) is 8.60. The second-order valence-corrected chi connectivity index (χ2v) is 13.0. The van der Waals surface area contributed by atoms with Gasteiger partial charge in [0.2, 0.25) is 0 Å². The zero-order valence-corrected chi connectivity index (χ0v) is 24.7. The Morgan fingerprint density at radius 1 is 0.762 bits per heavy atom. The van der Waals surface area contributed by atoms with E-state index < -0.39 is 52.8 Å². The molecule has 0 radical (unpaired) electrons. The Kier molecular flexibility index (Phi) is 9.85. The number of nitrogens with zero attached hydrogens (tertiary/aromatic N) is 2. The number of anilines is 2. The maximum absolute atomic E-state index is 13.0. The molecule has 0 aliphatic rings. The van der Waals surface area contributed by atoms with Gasteiger partial charge in [0.05, 0.1) is 39.8 Å². The van der Waals surface area contributed by atoms with Gasteiger partial charge in [0.25, 0.3) is 19.5 Å². The van der Waals surface area contributed by atoms with Crippen LogP contribution in [0.15, 0.2) is 21.7 Å². The minimum absolute atomic E-state index is 0.0139. The van der Waals surface area contributed by atoms with E-state index in [0.29, 0.717) is 70.4 Å². The van der Waals surface area contributed by atoms with Crippen molar-refractivity contribution in [1.82, 2.24) is 0 Å². The average molecular weight is 677 g/mol. The normalized spacial score (nSPS) is 12.0. The van der Waals surface area contributed by atoms with Crippen LogP contribution in [0.2, 0.25) is 0 Å². The summed E-state index contributed by atoms with van der Waals surface area (Å²) in [6.07, 6.45) is -8.88. The van der Waals surface area contributed by atoms with Gasteiger partial charge in [-0.05, 0) is 20.3 Å². The fourth-order valence-corrected chi connectivity index (χ4v) is 7.99. The van der Waals surface area contributed by atoms with E-state index in [2.05, 4.69) is 10.6 Å². The summed E-state index contributed by atoms with van der Waals surface area (Å²) in [5, 5.41) is 27.6. The fourth-order valence-electron chi connectivity index (χ4n) is 3.58. The highest BCUT2D eigenvalue weighted by Crippen LogP contribution is 2.46. The van der Waals surface area contributed by atoms with E-state index in [1.807, 2.05) is 6.92 Å². The Labute approximate surface area is 246 Å². The van der Waals surface area contributed by atoms with Crippen LogP contribution in [0.5, 0.6) is 0 Å². The summed E-state index contributed by atoms with van der Waals surface area (Å²) in [6.45, 7) is 5.57. The molecule has 0 saturated heterocycles. The van der Waals surface area contributed by atoms with Gasteiger partial charge in [-0.1, -0.05) is 52.3 Å². The maximum Gasteiger partial charge on any atom is 0.418 e. The van der Waals surface area contributed by atoms with Gasteiger partial charge in [-0.3, -0.25) is 29.8 Å². The van der Waals surface area contributed by atoms with Crippen LogP contribution in [-0.2, 0) is 12.4 Å². The van der Waals surface area contributed by atoms with Gasteiger partial charge >= 0.3 is 12.4 Å². The number of nitrogens with one attached hydrogen (secondary N) is 2. The van der Waals surface area contributed by atoms with Gasteiger partial charge in [-0.15, -0.1) is 0 Å². The second kappa shape index (κ2) is 12.5. The molecule has 4 rings (SSSR count). The van der Waals surface area contributed by atoms with E-state index in [1.54, 1.807) is 13.8 Å². The van der Waals surface area contributed by atoms with Gasteiger partial charge in [0.1, 0.15) is 11.4 Å². The Hall–Kier alpha value is -3.36. The summed E-state index contributed by atoms with van der Waals surface area (Å²) < 4.78 is 76.5. The van der Waals surface area contributed by atoms with Gasteiger partial charge < -0.3 is 10.6 Å². The molecule has 0 aliphatic carbocycles. The lowest BCUT2D eigenvalue weighted by Gasteiger charge is -2.14. The van der Waals surface area contributed by atoms with Crippen LogP contribution in [-0.4, -0.2) is 22.4 Å². The first kappa shape index (κ1) is 33.1. The lowest BCUT2D eigenvalue weighted by atomic mass is 10.1. The van der Waals surface area contributed by atoms with Crippen LogP contribution in [0.3, 0.4) is 0 Å². The van der Waals surface area contributed by atoms with Crippen LogP contribution < -0.4 is 18.7 Å². The average Bonchev–Trinajstić information content (AvgIpc) is 3.42. The SMILES string of the molecule is CC(C)Nc1c([N+](=O)[O-])cc(C(F)(F)F)c2sc(=O)sc12.CCCNc1c([N+](=O)[O-])cc(C(F)(F)F)c2sc(=O)sc12. The first-order valence-electron chi connectivity index (χ1n) is 11.5. The van der Waals surface area contributed by atoms with Gasteiger partial charge in [0.15, 0.2) is 0 Å². The molecule has 42 heavy (non-hydrogen) atoms. The first-order chi connectivity index (χ1) is 19.4. The number of benzene rings is 2. The Bertz CT molecular complexity index is 1770. The van der Waals surface area contributed by atoms with Crippen molar-refractivity contribution in [3.8, 4) is 0 Å². The molecule has 0 unspecified atom stereocenters. The number of hydrogen-bond donors (Lipinski definition) is 2. The van der Waals surface area contributed by atoms with Crippen LogP contribution in [0, 0.1) is 20.2 Å². The van der Waals surface area contributed by atoms with E-state index in [1.165, 1.54) is 0 Å². The molecule has 228 valence electrons. The third-order valence-electron chi connectivity index (χ3n) is 5.16. The van der Waals surface area contributed by atoms with Crippen molar-refractivity contribution in [2.24, 2.45) is 0 Å². The molecule has 4 aromatic rings. The first-order valence-corrected chi connectivity index (χ1v) is 14.8. The van der Waals surface area contributed by atoms with Gasteiger partial charge in [-0.2, -0.15) is 26.3 Å². The largest absolute Gasteiger partial charge is 0.418 e. The van der Waals surface area contributed by atoms with E-state index in [9.17, 15) is 56.2 Å². The molecule has 20 heteroatoms. The molecule has 0 atom stereocenters. The number of nitro benzene ring substituents is 2. The van der Waals surface area contributed by atoms with E-state index >= 15 is 0 Å². The highest BCUT2D eigenvalue weighted by atomic mass is 32.2. The molecule has 2 aromatic carbocycles. The van der Waals surface area contributed by atoms with E-state index in [-0.39, 0.29) is 36.2 Å². The third-order valence-corrected chi connectivity index (χ3v) is 9.57. The van der Waals surface area contributed by atoms with Crippen molar-refractivity contribution in [2.45, 2.75) is 45.6 Å². The van der Waals surface area contributed by atoms with Crippen LogP contribution >= 0.6 is 45.3 Å². The molecular formula is C22H18F6N4O6S4. The Morgan fingerprint density at radius 2 is 1.14 bits per heavy atom. The zero-order valence-electron chi connectivity index (χ0n) is 21.4. The maximum atomic E-state index is 13.0. The zero-order chi connectivity index (χ0) is 31.7. The molecule has 2 N–H and O–H groups in total. The lowest BCUT2D eigenvalue weighted by Crippen LogP contribution is -2.13. The molecule has 0 bridgehead atoms. The molecule has 2 heterocycles. The number of hydrogen-bond acceptors (Lipinski definition) is 12. The number of rotatable bonds is 7. The van der Waals surface area contributed by atoms with E-state index in [0.717, 1.165) is 0 Å². The van der Waals surface area contributed by atoms with E-state index in [4.69, 9.17) is 0 Å². The van der Waals surface area contributed by atoms with Crippen molar-refractivity contribution >= 4 is 86.9 Å². The summed E-state index contributed by atoms with van der Waals surface area (Å²) >= 11 is 2.07. The molecular weight excluding hydrogens is 659 g/mol. The molecule has 2 aromatic heterocycles. The predicted molar refractivity (Wildman–Crippen MR) is 153 cm³/mol. The summed E-state index contributed by atoms with van der Waals surface area (Å²) in [4.78, 5) is 43.3. The highest BCUT2D eigenvalue weighted by Gasteiger charge is 2.39. The summed E-state index contributed by atoms with van der Waals surface area (Å²) in [5.41, 5.74) is -3.71. The smallest absolute Gasteiger partial charge is 0.378 e. The quantitative estimate of drug-likeness (QED) is 0.113. The number of fused-ring (bicyclic) bond motifs is 2. The lowest BCUT2D eigenvalue weighted by molar-refractivity contribution is -0.384. The fraction of sp³-hybridized carbons (Fsp3) is 0.364. The van der Waals surface area contributed by atoms with Crippen LogP contribution in [0.25, 0.3) is 18.8 Å². The van der Waals surface area contributed by atoms with Gasteiger partial charge in [0, 0.05) is 24.7 Å². The topological polar surface area (TPSA) is 144 Å². The Balaban J connectivity index is 0.000000230. The van der Waals surface area contributed by atoms with Crippen LogP contribution in [0.4, 0.5) is 49.1 Å². The molecule has 0 fully saturated rings. The highest BCUT2D eigenvalue weighted by molar-refractivity contribution is 7.36. The minimum Gasteiger partial charge on any atom is -0.378 e. The van der Waals surface area contributed by atoms with Crippen molar-refractivity contribution in [1.29, 1.82) is 0 Å². The Morgan fingerprint density at radius 3 is 1.50 bits per heavy atom. The number of halogens is 6. The molecule has 0 spiro atoms. The van der Waals surface area contributed by atoms with Crippen molar-refractivity contribution in [2.75, 3.05) is 17.2 Å². The molecule has 10 nitrogen and oxygen atoms in total. The molecule has 0 aliphatic heterocycles. The molecule has 0 amide bonds. The summed E-state index contributed by atoms with van der Waals surface area (Å²) in [6, 6.07) is 0.740. The predicted octanol–water partition coefficient (Wildman–Crippen LogP) is 8.14. The molecule has 0 saturated carbocycles. The monoisotopic (exact) mass is 676 g/mol. The number of nitro groups is 2.